The fraction of sp³-hybridized carbons (Fsp3) is 0.214. The predicted molar refractivity (Wildman–Crippen MR) is 66.2 cm³/mol. The van der Waals surface area contributed by atoms with Gasteiger partial charge < -0.3 is 9.47 Å². The molecule has 90 valence electrons. The fourth-order valence-electron chi connectivity index (χ4n) is 1.25. The van der Waals surface area contributed by atoms with Crippen LogP contribution < -0.4 is 0 Å². The maximum Gasteiger partial charge on any atom is 0.333 e. The van der Waals surface area contributed by atoms with Crippen molar-refractivity contribution in [2.75, 3.05) is 6.61 Å². The normalized spacial score (nSPS) is 11.4. The van der Waals surface area contributed by atoms with E-state index in [4.69, 9.17) is 9.47 Å². The summed E-state index contributed by atoms with van der Waals surface area (Å²) in [6.07, 6.45) is 0.878. The van der Waals surface area contributed by atoms with E-state index in [0.717, 1.165) is 5.56 Å². The van der Waals surface area contributed by atoms with E-state index in [-0.39, 0.29) is 6.61 Å². The van der Waals surface area contributed by atoms with Gasteiger partial charge in [0.15, 0.2) is 6.10 Å². The third-order valence-electron chi connectivity index (χ3n) is 2.13. The second-order valence-electron chi connectivity index (χ2n) is 3.58. The average molecular weight is 232 g/mol. The molecule has 0 aromatic heterocycles. The molecule has 0 amide bonds. The van der Waals surface area contributed by atoms with Crippen LogP contribution >= 0.6 is 0 Å². The smallest absolute Gasteiger partial charge is 0.333 e. The number of esters is 1. The van der Waals surface area contributed by atoms with Crippen LogP contribution in [0, 0.1) is 0 Å². The molecule has 0 aliphatic rings. The predicted octanol–water partition coefficient (Wildman–Crippen LogP) is 3.01. The van der Waals surface area contributed by atoms with Gasteiger partial charge in [0.05, 0.1) is 6.26 Å². The molecule has 0 bridgehead atoms. The van der Waals surface area contributed by atoms with Crippen LogP contribution in [-0.2, 0) is 14.3 Å². The highest BCUT2D eigenvalue weighted by atomic mass is 16.6. The van der Waals surface area contributed by atoms with Crippen molar-refractivity contribution in [2.24, 2.45) is 0 Å². The molecule has 1 aromatic rings. The number of hydrogen-bond acceptors (Lipinski definition) is 3. The Bertz CT molecular complexity index is 395. The lowest BCUT2D eigenvalue weighted by Crippen LogP contribution is -2.15. The third kappa shape index (κ3) is 4.15. The van der Waals surface area contributed by atoms with Crippen LogP contribution in [0.15, 0.2) is 55.3 Å². The molecule has 0 aliphatic heterocycles. The summed E-state index contributed by atoms with van der Waals surface area (Å²) in [5.74, 6) is -0.425. The van der Waals surface area contributed by atoms with Crippen molar-refractivity contribution in [3.05, 3.63) is 60.9 Å². The number of carbonyl (C=O) groups excluding carboxylic acids is 1. The summed E-state index contributed by atoms with van der Waals surface area (Å²) in [5.41, 5.74) is 1.24. The molecule has 0 N–H and O–H groups in total. The number of hydrogen-bond donors (Lipinski definition) is 0. The van der Waals surface area contributed by atoms with Gasteiger partial charge in [-0.15, -0.1) is 0 Å². The zero-order valence-electron chi connectivity index (χ0n) is 9.89. The minimum Gasteiger partial charge on any atom is -0.498 e. The molecule has 0 aliphatic carbocycles. The zero-order chi connectivity index (χ0) is 12.7. The van der Waals surface area contributed by atoms with Gasteiger partial charge in [-0.25, -0.2) is 4.79 Å². The van der Waals surface area contributed by atoms with Gasteiger partial charge in [0.25, 0.3) is 0 Å². The van der Waals surface area contributed by atoms with Crippen LogP contribution in [0.25, 0.3) is 0 Å². The minimum atomic E-state index is -0.446. The van der Waals surface area contributed by atoms with Gasteiger partial charge in [0.2, 0.25) is 0 Å². The van der Waals surface area contributed by atoms with Gasteiger partial charge in [0.1, 0.15) is 6.61 Å². The SMILES string of the molecule is C=COCC(OC(=O)C(=C)C)c1ccccc1. The van der Waals surface area contributed by atoms with E-state index in [1.54, 1.807) is 6.92 Å². The Morgan fingerprint density at radius 3 is 2.59 bits per heavy atom. The highest BCUT2D eigenvalue weighted by molar-refractivity contribution is 5.87. The summed E-state index contributed by atoms with van der Waals surface area (Å²) in [6, 6.07) is 9.41. The largest absolute Gasteiger partial charge is 0.498 e. The van der Waals surface area contributed by atoms with Gasteiger partial charge in [-0.2, -0.15) is 0 Å². The Morgan fingerprint density at radius 2 is 2.06 bits per heavy atom. The Kier molecular flexibility index (Phi) is 5.01. The third-order valence-corrected chi connectivity index (χ3v) is 2.13. The first kappa shape index (κ1) is 13.0. The van der Waals surface area contributed by atoms with Crippen LogP contribution in [0.2, 0.25) is 0 Å². The lowest BCUT2D eigenvalue weighted by atomic mass is 10.1. The van der Waals surface area contributed by atoms with Gasteiger partial charge in [-0.3, -0.25) is 0 Å². The van der Waals surface area contributed by atoms with Crippen LogP contribution in [0.3, 0.4) is 0 Å². The summed E-state index contributed by atoms with van der Waals surface area (Å²) in [4.78, 5) is 11.5. The van der Waals surface area contributed by atoms with E-state index in [0.29, 0.717) is 5.57 Å². The van der Waals surface area contributed by atoms with E-state index in [9.17, 15) is 4.79 Å². The Hall–Kier alpha value is -2.03. The molecule has 1 atom stereocenters. The second kappa shape index (κ2) is 6.53. The Balaban J connectivity index is 2.77. The highest BCUT2D eigenvalue weighted by Crippen LogP contribution is 2.19. The lowest BCUT2D eigenvalue weighted by molar-refractivity contribution is -0.146. The van der Waals surface area contributed by atoms with Crippen molar-refractivity contribution in [1.29, 1.82) is 0 Å². The van der Waals surface area contributed by atoms with Gasteiger partial charge >= 0.3 is 5.97 Å². The minimum absolute atomic E-state index is 0.243. The van der Waals surface area contributed by atoms with Crippen LogP contribution in [0.1, 0.15) is 18.6 Å². The molecule has 0 saturated carbocycles. The fourth-order valence-corrected chi connectivity index (χ4v) is 1.25. The van der Waals surface area contributed by atoms with Crippen molar-refractivity contribution in [1.82, 2.24) is 0 Å². The van der Waals surface area contributed by atoms with Crippen molar-refractivity contribution < 1.29 is 14.3 Å². The van der Waals surface area contributed by atoms with Crippen molar-refractivity contribution in [3.63, 3.8) is 0 Å². The first-order valence-electron chi connectivity index (χ1n) is 5.29. The van der Waals surface area contributed by atoms with E-state index in [2.05, 4.69) is 13.2 Å². The summed E-state index contributed by atoms with van der Waals surface area (Å²) < 4.78 is 10.4. The standard InChI is InChI=1S/C14H16O3/c1-4-16-10-13(17-14(15)11(2)3)12-8-6-5-7-9-12/h4-9,13H,1-2,10H2,3H3. The van der Waals surface area contributed by atoms with Crippen LogP contribution in [-0.4, -0.2) is 12.6 Å². The van der Waals surface area contributed by atoms with Crippen molar-refractivity contribution >= 4 is 5.97 Å². The van der Waals surface area contributed by atoms with Crippen molar-refractivity contribution in [3.8, 4) is 0 Å². The molecule has 3 nitrogen and oxygen atoms in total. The molecule has 0 radical (unpaired) electrons. The van der Waals surface area contributed by atoms with E-state index in [1.165, 1.54) is 6.26 Å². The number of ether oxygens (including phenoxy) is 2. The molecule has 0 saturated heterocycles. The molecule has 3 heteroatoms. The van der Waals surface area contributed by atoms with E-state index < -0.39 is 12.1 Å². The van der Waals surface area contributed by atoms with Crippen molar-refractivity contribution in [2.45, 2.75) is 13.0 Å². The maximum atomic E-state index is 11.5. The molecular weight excluding hydrogens is 216 g/mol. The summed E-state index contributed by atoms with van der Waals surface area (Å²) in [7, 11) is 0. The summed E-state index contributed by atoms with van der Waals surface area (Å²) in [6.45, 7) is 8.86. The average Bonchev–Trinajstić information content (AvgIpc) is 2.35. The molecule has 1 unspecified atom stereocenters. The molecule has 0 heterocycles. The molecule has 17 heavy (non-hydrogen) atoms. The monoisotopic (exact) mass is 232 g/mol. The van der Waals surface area contributed by atoms with E-state index in [1.807, 2.05) is 30.3 Å². The number of carbonyl (C=O) groups is 1. The number of benzene rings is 1. The molecule has 0 spiro atoms. The zero-order valence-corrected chi connectivity index (χ0v) is 9.89. The Labute approximate surface area is 101 Å². The lowest BCUT2D eigenvalue weighted by Gasteiger charge is -2.17. The molecule has 1 rings (SSSR count). The second-order valence-corrected chi connectivity index (χ2v) is 3.58. The maximum absolute atomic E-state index is 11.5. The first-order chi connectivity index (χ1) is 8.15. The van der Waals surface area contributed by atoms with Crippen LogP contribution in [0.5, 0.6) is 0 Å². The first-order valence-corrected chi connectivity index (χ1v) is 5.29. The van der Waals surface area contributed by atoms with Crippen LogP contribution in [0.4, 0.5) is 0 Å². The summed E-state index contributed by atoms with van der Waals surface area (Å²) in [5, 5.41) is 0. The molecular formula is C14H16O3. The molecule has 1 aromatic carbocycles. The molecule has 0 fully saturated rings. The van der Waals surface area contributed by atoms with Gasteiger partial charge in [0, 0.05) is 5.57 Å². The summed E-state index contributed by atoms with van der Waals surface area (Å²) >= 11 is 0. The quantitative estimate of drug-likeness (QED) is 0.429. The number of rotatable bonds is 6. The Morgan fingerprint density at radius 1 is 1.41 bits per heavy atom. The van der Waals surface area contributed by atoms with E-state index >= 15 is 0 Å². The topological polar surface area (TPSA) is 35.5 Å². The van der Waals surface area contributed by atoms with Gasteiger partial charge in [-0.05, 0) is 12.5 Å². The highest BCUT2D eigenvalue weighted by Gasteiger charge is 2.17. The van der Waals surface area contributed by atoms with Gasteiger partial charge in [-0.1, -0.05) is 43.5 Å².